The summed E-state index contributed by atoms with van der Waals surface area (Å²) >= 11 is 7.88. The first-order valence-corrected chi connectivity index (χ1v) is 7.16. The molecule has 90 valence electrons. The van der Waals surface area contributed by atoms with Crippen LogP contribution in [0.15, 0.2) is 24.3 Å². The minimum atomic E-state index is 0.426. The lowest BCUT2D eigenvalue weighted by atomic mass is 10.1. The van der Waals surface area contributed by atoms with E-state index >= 15 is 0 Å². The van der Waals surface area contributed by atoms with E-state index in [4.69, 9.17) is 11.6 Å². The molecule has 0 aromatic heterocycles. The van der Waals surface area contributed by atoms with Gasteiger partial charge in [-0.2, -0.15) is 11.8 Å². The molecule has 1 unspecified atom stereocenters. The van der Waals surface area contributed by atoms with Crippen LogP contribution in [0.5, 0.6) is 0 Å². The largest absolute Gasteiger partial charge is 0.310 e. The summed E-state index contributed by atoms with van der Waals surface area (Å²) in [5.74, 6) is 1.10. The Morgan fingerprint density at radius 2 is 1.88 bits per heavy atom. The van der Waals surface area contributed by atoms with E-state index in [1.54, 1.807) is 0 Å². The first-order valence-electron chi connectivity index (χ1n) is 5.74. The monoisotopic (exact) mass is 257 g/mol. The summed E-state index contributed by atoms with van der Waals surface area (Å²) in [6, 6.07) is 8.56. The maximum atomic E-state index is 5.90. The smallest absolute Gasteiger partial charge is 0.0411 e. The number of benzene rings is 1. The summed E-state index contributed by atoms with van der Waals surface area (Å²) in [6.07, 6.45) is 0. The highest BCUT2D eigenvalue weighted by Gasteiger charge is 2.10. The molecular formula is C13H20ClNS. The van der Waals surface area contributed by atoms with Gasteiger partial charge in [0.15, 0.2) is 0 Å². The van der Waals surface area contributed by atoms with Gasteiger partial charge in [-0.15, -0.1) is 0 Å². The molecule has 0 saturated heterocycles. The molecule has 3 heteroatoms. The standard InChI is InChI=1S/C13H20ClNS/c1-4-15-13(9-16-10(2)3)11-5-7-12(14)8-6-11/h5-8,10,13,15H,4,9H2,1-3H3. The van der Waals surface area contributed by atoms with Gasteiger partial charge >= 0.3 is 0 Å². The summed E-state index contributed by atoms with van der Waals surface area (Å²) in [7, 11) is 0. The molecule has 0 heterocycles. The second-order valence-electron chi connectivity index (χ2n) is 4.04. The lowest BCUT2D eigenvalue weighted by Crippen LogP contribution is -2.23. The van der Waals surface area contributed by atoms with Crippen LogP contribution < -0.4 is 5.32 Å². The van der Waals surface area contributed by atoms with Crippen molar-refractivity contribution in [2.45, 2.75) is 32.1 Å². The van der Waals surface area contributed by atoms with Gasteiger partial charge in [0.2, 0.25) is 0 Å². The Kier molecular flexibility index (Phi) is 6.25. The van der Waals surface area contributed by atoms with Crippen molar-refractivity contribution in [3.05, 3.63) is 34.9 Å². The molecule has 1 atom stereocenters. The van der Waals surface area contributed by atoms with Crippen LogP contribution in [0.4, 0.5) is 0 Å². The van der Waals surface area contributed by atoms with Crippen LogP contribution in [-0.4, -0.2) is 17.5 Å². The van der Waals surface area contributed by atoms with Gasteiger partial charge in [0, 0.05) is 16.8 Å². The zero-order valence-electron chi connectivity index (χ0n) is 10.2. The number of nitrogens with one attached hydrogen (secondary N) is 1. The highest BCUT2D eigenvalue weighted by molar-refractivity contribution is 7.99. The van der Waals surface area contributed by atoms with Gasteiger partial charge in [0.25, 0.3) is 0 Å². The molecule has 0 spiro atoms. The van der Waals surface area contributed by atoms with Gasteiger partial charge in [0.05, 0.1) is 0 Å². The van der Waals surface area contributed by atoms with Crippen LogP contribution in [0.2, 0.25) is 5.02 Å². The van der Waals surface area contributed by atoms with E-state index in [1.165, 1.54) is 5.56 Å². The zero-order chi connectivity index (χ0) is 12.0. The van der Waals surface area contributed by atoms with Gasteiger partial charge in [-0.05, 0) is 29.5 Å². The van der Waals surface area contributed by atoms with Crippen molar-refractivity contribution >= 4 is 23.4 Å². The average Bonchev–Trinajstić information content (AvgIpc) is 2.25. The van der Waals surface area contributed by atoms with Crippen molar-refractivity contribution in [2.24, 2.45) is 0 Å². The van der Waals surface area contributed by atoms with E-state index in [2.05, 4.69) is 38.2 Å². The van der Waals surface area contributed by atoms with Crippen molar-refractivity contribution in [2.75, 3.05) is 12.3 Å². The third kappa shape index (κ3) is 4.77. The van der Waals surface area contributed by atoms with Crippen molar-refractivity contribution in [1.29, 1.82) is 0 Å². The highest BCUT2D eigenvalue weighted by Crippen LogP contribution is 2.22. The number of halogens is 1. The van der Waals surface area contributed by atoms with E-state index < -0.39 is 0 Å². The fourth-order valence-electron chi connectivity index (χ4n) is 1.50. The summed E-state index contributed by atoms with van der Waals surface area (Å²) < 4.78 is 0. The number of thioether (sulfide) groups is 1. The maximum Gasteiger partial charge on any atom is 0.0411 e. The van der Waals surface area contributed by atoms with E-state index in [0.29, 0.717) is 11.3 Å². The van der Waals surface area contributed by atoms with Gasteiger partial charge in [-0.1, -0.05) is 44.5 Å². The van der Waals surface area contributed by atoms with E-state index in [1.807, 2.05) is 23.9 Å². The molecule has 0 amide bonds. The summed E-state index contributed by atoms with van der Waals surface area (Å²) in [6.45, 7) is 7.60. The molecule has 0 bridgehead atoms. The van der Waals surface area contributed by atoms with Crippen LogP contribution in [-0.2, 0) is 0 Å². The maximum absolute atomic E-state index is 5.90. The predicted molar refractivity (Wildman–Crippen MR) is 75.5 cm³/mol. The first kappa shape index (κ1) is 13.9. The van der Waals surface area contributed by atoms with Crippen LogP contribution in [0.1, 0.15) is 32.4 Å². The van der Waals surface area contributed by atoms with E-state index in [9.17, 15) is 0 Å². The van der Waals surface area contributed by atoms with Crippen LogP contribution in [0.25, 0.3) is 0 Å². The Hall–Kier alpha value is -0.180. The Balaban J connectivity index is 2.64. The number of hydrogen-bond donors (Lipinski definition) is 1. The SMILES string of the molecule is CCNC(CSC(C)C)c1ccc(Cl)cc1. The predicted octanol–water partition coefficient (Wildman–Crippen LogP) is 4.13. The third-order valence-electron chi connectivity index (χ3n) is 2.32. The molecule has 0 radical (unpaired) electrons. The summed E-state index contributed by atoms with van der Waals surface area (Å²) in [5, 5.41) is 4.99. The molecule has 1 aromatic rings. The van der Waals surface area contributed by atoms with Crippen molar-refractivity contribution in [3.63, 3.8) is 0 Å². The van der Waals surface area contributed by atoms with Crippen LogP contribution in [0.3, 0.4) is 0 Å². The molecule has 1 N–H and O–H groups in total. The lowest BCUT2D eigenvalue weighted by molar-refractivity contribution is 0.605. The molecule has 0 aliphatic heterocycles. The first-order chi connectivity index (χ1) is 7.63. The minimum Gasteiger partial charge on any atom is -0.310 e. The fourth-order valence-corrected chi connectivity index (χ4v) is 2.52. The molecule has 1 aromatic carbocycles. The Morgan fingerprint density at radius 3 is 2.38 bits per heavy atom. The molecule has 0 aliphatic rings. The minimum absolute atomic E-state index is 0.426. The lowest BCUT2D eigenvalue weighted by Gasteiger charge is -2.19. The average molecular weight is 258 g/mol. The molecule has 0 fully saturated rings. The van der Waals surface area contributed by atoms with Gasteiger partial charge in [0.1, 0.15) is 0 Å². The van der Waals surface area contributed by atoms with Gasteiger partial charge in [-0.3, -0.25) is 0 Å². The Labute approximate surface area is 108 Å². The van der Waals surface area contributed by atoms with Gasteiger partial charge < -0.3 is 5.32 Å². The van der Waals surface area contributed by atoms with E-state index in [-0.39, 0.29) is 0 Å². The quantitative estimate of drug-likeness (QED) is 0.822. The van der Waals surface area contributed by atoms with E-state index in [0.717, 1.165) is 17.3 Å². The van der Waals surface area contributed by atoms with Gasteiger partial charge in [-0.25, -0.2) is 0 Å². The highest BCUT2D eigenvalue weighted by atomic mass is 35.5. The van der Waals surface area contributed by atoms with Crippen molar-refractivity contribution in [3.8, 4) is 0 Å². The molecule has 0 saturated carbocycles. The molecule has 1 nitrogen and oxygen atoms in total. The van der Waals surface area contributed by atoms with Crippen molar-refractivity contribution in [1.82, 2.24) is 5.32 Å². The summed E-state index contributed by atoms with van der Waals surface area (Å²) in [5.41, 5.74) is 1.32. The van der Waals surface area contributed by atoms with Crippen molar-refractivity contribution < 1.29 is 0 Å². The Morgan fingerprint density at radius 1 is 1.25 bits per heavy atom. The molecule has 0 aliphatic carbocycles. The van der Waals surface area contributed by atoms with Crippen LogP contribution in [0, 0.1) is 0 Å². The second kappa shape index (κ2) is 7.21. The normalized spacial score (nSPS) is 13.1. The number of hydrogen-bond acceptors (Lipinski definition) is 2. The Bertz CT molecular complexity index is 297. The third-order valence-corrected chi connectivity index (χ3v) is 3.76. The zero-order valence-corrected chi connectivity index (χ0v) is 11.7. The van der Waals surface area contributed by atoms with Crippen LogP contribution >= 0.6 is 23.4 Å². The molecular weight excluding hydrogens is 238 g/mol. The second-order valence-corrected chi connectivity index (χ2v) is 6.09. The molecule has 16 heavy (non-hydrogen) atoms. The fraction of sp³-hybridized carbons (Fsp3) is 0.538. The molecule has 1 rings (SSSR count). The number of rotatable bonds is 6. The topological polar surface area (TPSA) is 12.0 Å². The summed E-state index contributed by atoms with van der Waals surface area (Å²) in [4.78, 5) is 0.